The van der Waals surface area contributed by atoms with Gasteiger partial charge in [-0.15, -0.1) is 0 Å². The van der Waals surface area contributed by atoms with Crippen LogP contribution in [-0.2, 0) is 11.3 Å². The van der Waals surface area contributed by atoms with Crippen molar-refractivity contribution in [1.29, 1.82) is 0 Å². The van der Waals surface area contributed by atoms with Gasteiger partial charge in [0.15, 0.2) is 0 Å². The van der Waals surface area contributed by atoms with Crippen LogP contribution in [0.1, 0.15) is 12.0 Å². The van der Waals surface area contributed by atoms with Crippen LogP contribution in [-0.4, -0.2) is 47.5 Å². The summed E-state index contributed by atoms with van der Waals surface area (Å²) in [6.45, 7) is 0.435. The van der Waals surface area contributed by atoms with E-state index < -0.39 is 18.2 Å². The summed E-state index contributed by atoms with van der Waals surface area (Å²) < 4.78 is 6.96. The summed E-state index contributed by atoms with van der Waals surface area (Å²) in [7, 11) is 0. The molecule has 3 atom stereocenters. The number of nitrogens with one attached hydrogen (secondary N) is 2. The van der Waals surface area contributed by atoms with Gasteiger partial charge in [0, 0.05) is 24.7 Å². The van der Waals surface area contributed by atoms with E-state index in [0.29, 0.717) is 34.3 Å². The van der Waals surface area contributed by atoms with E-state index in [9.17, 15) is 9.90 Å². The quantitative estimate of drug-likeness (QED) is 0.362. The van der Waals surface area contributed by atoms with Crippen molar-refractivity contribution in [1.82, 2.24) is 10.6 Å². The van der Waals surface area contributed by atoms with E-state index in [2.05, 4.69) is 33.2 Å². The molecule has 0 fully saturated rings. The number of hydrogen-bond donors (Lipinski definition) is 4. The van der Waals surface area contributed by atoms with Gasteiger partial charge in [-0.25, -0.2) is 0 Å². The maximum absolute atomic E-state index is 12.5. The van der Waals surface area contributed by atoms with Crippen molar-refractivity contribution in [2.75, 3.05) is 13.2 Å². The van der Waals surface area contributed by atoms with Gasteiger partial charge in [-0.3, -0.25) is 4.79 Å². The zero-order valence-corrected chi connectivity index (χ0v) is 20.2. The molecule has 0 heterocycles. The molecule has 0 unspecified atom stereocenters. The Kier molecular flexibility index (Phi) is 9.00. The third kappa shape index (κ3) is 6.57. The number of aliphatic hydroxyl groups excluding tert-OH is 2. The van der Waals surface area contributed by atoms with E-state index in [1.54, 1.807) is 18.2 Å². The number of carbonyl (C=O) groups is 1. The SMILES string of the molecule is O=C(NCCO)C1=C[C@H](Oc2ccccc2I)[C@@H](O)[C@H](NCc2ccc(Cl)c(Cl)c2)C1. The van der Waals surface area contributed by atoms with Crippen LogP contribution in [0.25, 0.3) is 0 Å². The van der Waals surface area contributed by atoms with Gasteiger partial charge in [0.25, 0.3) is 0 Å². The first-order valence-electron chi connectivity index (χ1n) is 9.75. The molecule has 0 radical (unpaired) electrons. The number of amides is 1. The monoisotopic (exact) mass is 576 g/mol. The number of rotatable bonds is 8. The van der Waals surface area contributed by atoms with Gasteiger partial charge in [0.2, 0.25) is 5.91 Å². The lowest BCUT2D eigenvalue weighted by Crippen LogP contribution is -2.51. The van der Waals surface area contributed by atoms with Gasteiger partial charge >= 0.3 is 0 Å². The fourth-order valence-electron chi connectivity index (χ4n) is 3.29. The van der Waals surface area contributed by atoms with Gasteiger partial charge < -0.3 is 25.6 Å². The lowest BCUT2D eigenvalue weighted by molar-refractivity contribution is -0.118. The molecule has 1 aliphatic rings. The number of carbonyl (C=O) groups excluding carboxylic acids is 1. The summed E-state index contributed by atoms with van der Waals surface area (Å²) in [5.41, 5.74) is 1.39. The van der Waals surface area contributed by atoms with Crippen molar-refractivity contribution >= 4 is 51.7 Å². The summed E-state index contributed by atoms with van der Waals surface area (Å²) in [4.78, 5) is 12.5. The molecule has 0 aliphatic heterocycles. The predicted molar refractivity (Wildman–Crippen MR) is 129 cm³/mol. The topological polar surface area (TPSA) is 90.8 Å². The maximum atomic E-state index is 12.5. The third-order valence-corrected chi connectivity index (χ3v) is 6.53. The van der Waals surface area contributed by atoms with Gasteiger partial charge in [-0.1, -0.05) is 41.4 Å². The van der Waals surface area contributed by atoms with Crippen molar-refractivity contribution in [3.05, 3.63) is 73.3 Å². The zero-order valence-electron chi connectivity index (χ0n) is 16.5. The van der Waals surface area contributed by atoms with Crippen LogP contribution in [0, 0.1) is 3.57 Å². The highest BCUT2D eigenvalue weighted by atomic mass is 127. The number of hydrogen-bond acceptors (Lipinski definition) is 5. The number of benzene rings is 2. The minimum atomic E-state index is -0.881. The Morgan fingerprint density at radius 3 is 2.68 bits per heavy atom. The van der Waals surface area contributed by atoms with E-state index >= 15 is 0 Å². The largest absolute Gasteiger partial charge is 0.482 e. The number of ether oxygens (including phenoxy) is 1. The second kappa shape index (κ2) is 11.5. The number of para-hydroxylation sites is 1. The molecule has 0 bridgehead atoms. The molecule has 166 valence electrons. The number of aliphatic hydroxyl groups is 2. The fraction of sp³-hybridized carbons (Fsp3) is 0.318. The van der Waals surface area contributed by atoms with Crippen LogP contribution < -0.4 is 15.4 Å². The van der Waals surface area contributed by atoms with Crippen LogP contribution in [0.5, 0.6) is 5.75 Å². The second-order valence-electron chi connectivity index (χ2n) is 7.11. The molecule has 0 aromatic heterocycles. The Hall–Kier alpha value is -1.36. The highest BCUT2D eigenvalue weighted by molar-refractivity contribution is 14.1. The van der Waals surface area contributed by atoms with Gasteiger partial charge in [0.05, 0.1) is 20.2 Å². The lowest BCUT2D eigenvalue weighted by atomic mass is 9.89. The van der Waals surface area contributed by atoms with Gasteiger partial charge in [0.1, 0.15) is 18.0 Å². The first-order valence-corrected chi connectivity index (χ1v) is 11.6. The van der Waals surface area contributed by atoms with Crippen LogP contribution in [0.4, 0.5) is 0 Å². The summed E-state index contributed by atoms with van der Waals surface area (Å²) in [6.07, 6.45) is 0.363. The molecule has 31 heavy (non-hydrogen) atoms. The zero-order chi connectivity index (χ0) is 22.4. The molecule has 0 spiro atoms. The molecule has 3 rings (SSSR count). The second-order valence-corrected chi connectivity index (χ2v) is 9.09. The summed E-state index contributed by atoms with van der Waals surface area (Å²) in [5, 5.41) is 26.9. The summed E-state index contributed by atoms with van der Waals surface area (Å²) in [5.74, 6) is 0.335. The average molecular weight is 577 g/mol. The molecule has 4 N–H and O–H groups in total. The lowest BCUT2D eigenvalue weighted by Gasteiger charge is -2.34. The molecule has 2 aromatic rings. The third-order valence-electron chi connectivity index (χ3n) is 4.90. The van der Waals surface area contributed by atoms with Crippen molar-refractivity contribution in [3.63, 3.8) is 0 Å². The van der Waals surface area contributed by atoms with E-state index in [4.69, 9.17) is 33.0 Å². The Morgan fingerprint density at radius 1 is 1.19 bits per heavy atom. The van der Waals surface area contributed by atoms with E-state index in [1.807, 2.05) is 30.3 Å². The fourth-order valence-corrected chi connectivity index (χ4v) is 4.12. The van der Waals surface area contributed by atoms with Crippen LogP contribution in [0.15, 0.2) is 54.1 Å². The normalized spacial score (nSPS) is 20.8. The molecule has 6 nitrogen and oxygen atoms in total. The summed E-state index contributed by atoms with van der Waals surface area (Å²) >= 11 is 14.2. The Bertz CT molecular complexity index is 957. The summed E-state index contributed by atoms with van der Waals surface area (Å²) in [6, 6.07) is 12.4. The van der Waals surface area contributed by atoms with Crippen molar-refractivity contribution < 1.29 is 19.7 Å². The van der Waals surface area contributed by atoms with Crippen molar-refractivity contribution in [2.45, 2.75) is 31.2 Å². The maximum Gasteiger partial charge on any atom is 0.247 e. The van der Waals surface area contributed by atoms with Crippen LogP contribution in [0.3, 0.4) is 0 Å². The van der Waals surface area contributed by atoms with Crippen LogP contribution >= 0.6 is 45.8 Å². The average Bonchev–Trinajstić information content (AvgIpc) is 2.76. The van der Waals surface area contributed by atoms with Crippen molar-refractivity contribution in [2.24, 2.45) is 0 Å². The Balaban J connectivity index is 1.78. The first-order chi connectivity index (χ1) is 14.9. The molecule has 0 saturated carbocycles. The van der Waals surface area contributed by atoms with Gasteiger partial charge in [-0.05, 0) is 64.9 Å². The van der Waals surface area contributed by atoms with Crippen molar-refractivity contribution in [3.8, 4) is 5.75 Å². The van der Waals surface area contributed by atoms with E-state index in [-0.39, 0.29) is 19.1 Å². The smallest absolute Gasteiger partial charge is 0.247 e. The van der Waals surface area contributed by atoms with Crippen LogP contribution in [0.2, 0.25) is 10.0 Å². The molecule has 1 aliphatic carbocycles. The Labute approximate surface area is 204 Å². The van der Waals surface area contributed by atoms with E-state index in [1.165, 1.54) is 0 Å². The minimum Gasteiger partial charge on any atom is -0.482 e. The minimum absolute atomic E-state index is 0.150. The molecular formula is C22H23Cl2IN2O4. The highest BCUT2D eigenvalue weighted by Gasteiger charge is 2.35. The number of halogens is 3. The van der Waals surface area contributed by atoms with E-state index in [0.717, 1.165) is 9.13 Å². The Morgan fingerprint density at radius 2 is 1.97 bits per heavy atom. The highest BCUT2D eigenvalue weighted by Crippen LogP contribution is 2.28. The predicted octanol–water partition coefficient (Wildman–Crippen LogP) is 3.30. The molecule has 9 heteroatoms. The molecule has 1 amide bonds. The molecule has 2 aromatic carbocycles. The first kappa shape index (κ1) is 24.3. The molecular weight excluding hydrogens is 554 g/mol. The standard InChI is InChI=1S/C22H23Cl2IN2O4/c23-15-6-5-13(9-16(15)24)12-27-18-10-14(22(30)26-7-8-28)11-20(21(18)29)31-19-4-2-1-3-17(19)25/h1-6,9,11,18,20-21,27-29H,7-8,10,12H2,(H,26,30)/t18-,20+,21+/m1/s1. The van der Waals surface area contributed by atoms with Gasteiger partial charge in [-0.2, -0.15) is 0 Å². The molecule has 0 saturated heterocycles.